The molecule has 3 heteroatoms. The number of ether oxygens (including phenoxy) is 1. The molecule has 0 spiro atoms. The van der Waals surface area contributed by atoms with E-state index in [-0.39, 0.29) is 0 Å². The van der Waals surface area contributed by atoms with Gasteiger partial charge in [0.05, 0.1) is 5.69 Å². The van der Waals surface area contributed by atoms with Crippen molar-refractivity contribution in [3.8, 4) is 5.75 Å². The van der Waals surface area contributed by atoms with Crippen LogP contribution in [-0.4, -0.2) is 20.4 Å². The number of hydrogen-bond donors (Lipinski definition) is 0. The summed E-state index contributed by atoms with van der Waals surface area (Å²) in [4.78, 5) is 12.9. The summed E-state index contributed by atoms with van der Waals surface area (Å²) in [6.45, 7) is 0.522. The maximum absolute atomic E-state index is 11.0. The van der Waals surface area contributed by atoms with Gasteiger partial charge < -0.3 is 9.64 Å². The number of rotatable bonds is 5. The van der Waals surface area contributed by atoms with Gasteiger partial charge in [-0.3, -0.25) is 4.79 Å². The first kappa shape index (κ1) is 13.1. The molecule has 0 unspecified atom stereocenters. The molecule has 0 amide bonds. The van der Waals surface area contributed by atoms with Crippen molar-refractivity contribution in [2.45, 2.75) is 6.61 Å². The summed E-state index contributed by atoms with van der Waals surface area (Å²) in [5.41, 5.74) is 2.64. The standard InChI is InChI=1S/C16H17NO2/c1-17(2)16-10-15(9-8-14(16)11-18)19-12-13-6-4-3-5-7-13/h3-11H,12H2,1-2H3. The van der Waals surface area contributed by atoms with Crippen LogP contribution in [0.5, 0.6) is 5.75 Å². The van der Waals surface area contributed by atoms with E-state index in [1.165, 1.54) is 0 Å². The zero-order valence-corrected chi connectivity index (χ0v) is 11.2. The maximum Gasteiger partial charge on any atom is 0.152 e. The highest BCUT2D eigenvalue weighted by atomic mass is 16.5. The molecule has 3 nitrogen and oxygen atoms in total. The minimum atomic E-state index is 0.522. The first-order valence-electron chi connectivity index (χ1n) is 6.14. The molecule has 0 aliphatic carbocycles. The fourth-order valence-corrected chi connectivity index (χ4v) is 1.84. The van der Waals surface area contributed by atoms with Gasteiger partial charge in [-0.15, -0.1) is 0 Å². The van der Waals surface area contributed by atoms with Crippen molar-refractivity contribution in [1.82, 2.24) is 0 Å². The molecule has 0 N–H and O–H groups in total. The van der Waals surface area contributed by atoms with Crippen molar-refractivity contribution in [2.75, 3.05) is 19.0 Å². The normalized spacial score (nSPS) is 10.0. The summed E-state index contributed by atoms with van der Waals surface area (Å²) in [7, 11) is 3.81. The van der Waals surface area contributed by atoms with E-state index in [0.717, 1.165) is 23.3 Å². The first-order chi connectivity index (χ1) is 9.20. The van der Waals surface area contributed by atoms with Crippen molar-refractivity contribution >= 4 is 12.0 Å². The summed E-state index contributed by atoms with van der Waals surface area (Å²) in [5.74, 6) is 0.762. The second-order valence-corrected chi connectivity index (χ2v) is 4.51. The second kappa shape index (κ2) is 6.05. The highest BCUT2D eigenvalue weighted by molar-refractivity contribution is 5.85. The van der Waals surface area contributed by atoms with Crippen molar-refractivity contribution in [2.24, 2.45) is 0 Å². The van der Waals surface area contributed by atoms with Gasteiger partial charge in [0.25, 0.3) is 0 Å². The number of benzene rings is 2. The Kier molecular flexibility index (Phi) is 4.18. The molecular formula is C16H17NO2. The molecule has 98 valence electrons. The quantitative estimate of drug-likeness (QED) is 0.769. The maximum atomic E-state index is 11.0. The average Bonchev–Trinajstić information content (AvgIpc) is 2.46. The number of hydrogen-bond acceptors (Lipinski definition) is 3. The monoisotopic (exact) mass is 255 g/mol. The molecule has 2 aromatic carbocycles. The summed E-state index contributed by atoms with van der Waals surface area (Å²) in [6, 6.07) is 15.5. The van der Waals surface area contributed by atoms with E-state index in [2.05, 4.69) is 0 Å². The lowest BCUT2D eigenvalue weighted by atomic mass is 10.1. The Balaban J connectivity index is 2.13. The Morgan fingerprint density at radius 2 is 1.84 bits per heavy atom. The van der Waals surface area contributed by atoms with Gasteiger partial charge in [-0.25, -0.2) is 0 Å². The van der Waals surface area contributed by atoms with Crippen LogP contribution in [0.4, 0.5) is 5.69 Å². The lowest BCUT2D eigenvalue weighted by molar-refractivity contribution is 0.112. The average molecular weight is 255 g/mol. The predicted molar refractivity (Wildman–Crippen MR) is 76.9 cm³/mol. The van der Waals surface area contributed by atoms with E-state index in [1.54, 1.807) is 6.07 Å². The van der Waals surface area contributed by atoms with Crippen LogP contribution in [0.15, 0.2) is 48.5 Å². The largest absolute Gasteiger partial charge is 0.489 e. The summed E-state index contributed by atoms with van der Waals surface area (Å²) < 4.78 is 5.74. The van der Waals surface area contributed by atoms with Crippen molar-refractivity contribution < 1.29 is 9.53 Å². The number of anilines is 1. The van der Waals surface area contributed by atoms with Crippen LogP contribution in [-0.2, 0) is 6.61 Å². The van der Waals surface area contributed by atoms with Crippen LogP contribution < -0.4 is 9.64 Å². The third-order valence-electron chi connectivity index (χ3n) is 2.86. The lowest BCUT2D eigenvalue weighted by Gasteiger charge is -2.16. The van der Waals surface area contributed by atoms with Gasteiger partial charge in [0.15, 0.2) is 6.29 Å². The van der Waals surface area contributed by atoms with Crippen LogP contribution in [0.25, 0.3) is 0 Å². The molecule has 0 fully saturated rings. The van der Waals surface area contributed by atoms with E-state index in [4.69, 9.17) is 4.74 Å². The van der Waals surface area contributed by atoms with Crippen LogP contribution in [0.1, 0.15) is 15.9 Å². The zero-order valence-electron chi connectivity index (χ0n) is 11.2. The molecule has 0 radical (unpaired) electrons. The Bertz CT molecular complexity index is 550. The molecule has 0 atom stereocenters. The first-order valence-corrected chi connectivity index (χ1v) is 6.14. The van der Waals surface area contributed by atoms with Gasteiger partial charge >= 0.3 is 0 Å². The second-order valence-electron chi connectivity index (χ2n) is 4.51. The van der Waals surface area contributed by atoms with Crippen molar-refractivity contribution in [3.05, 3.63) is 59.7 Å². The minimum absolute atomic E-state index is 0.522. The zero-order chi connectivity index (χ0) is 13.7. The predicted octanol–water partition coefficient (Wildman–Crippen LogP) is 3.14. The van der Waals surface area contributed by atoms with E-state index in [9.17, 15) is 4.79 Å². The number of carbonyl (C=O) groups is 1. The van der Waals surface area contributed by atoms with Crippen molar-refractivity contribution in [1.29, 1.82) is 0 Å². The summed E-state index contributed by atoms with van der Waals surface area (Å²) in [6.07, 6.45) is 0.857. The van der Waals surface area contributed by atoms with Crippen molar-refractivity contribution in [3.63, 3.8) is 0 Å². The smallest absolute Gasteiger partial charge is 0.152 e. The van der Waals surface area contributed by atoms with Crippen LogP contribution in [0, 0.1) is 0 Å². The topological polar surface area (TPSA) is 29.5 Å². The third kappa shape index (κ3) is 3.35. The van der Waals surface area contributed by atoms with Gasteiger partial charge in [-0.2, -0.15) is 0 Å². The Morgan fingerprint density at radius 1 is 1.11 bits per heavy atom. The van der Waals surface area contributed by atoms with E-state index < -0.39 is 0 Å². The molecule has 0 bridgehead atoms. The molecule has 19 heavy (non-hydrogen) atoms. The fraction of sp³-hybridized carbons (Fsp3) is 0.188. The minimum Gasteiger partial charge on any atom is -0.489 e. The summed E-state index contributed by atoms with van der Waals surface area (Å²) in [5, 5.41) is 0. The number of nitrogens with zero attached hydrogens (tertiary/aromatic N) is 1. The summed E-state index contributed by atoms with van der Waals surface area (Å²) >= 11 is 0. The molecule has 0 heterocycles. The molecule has 0 aliphatic heterocycles. The molecule has 0 saturated heterocycles. The number of aldehydes is 1. The van der Waals surface area contributed by atoms with Gasteiger partial charge in [0.1, 0.15) is 12.4 Å². The van der Waals surface area contributed by atoms with Crippen LogP contribution in [0.2, 0.25) is 0 Å². The Morgan fingerprint density at radius 3 is 2.47 bits per heavy atom. The van der Waals surface area contributed by atoms with E-state index in [0.29, 0.717) is 12.2 Å². The van der Waals surface area contributed by atoms with Crippen LogP contribution in [0.3, 0.4) is 0 Å². The van der Waals surface area contributed by atoms with Gasteiger partial charge in [0, 0.05) is 25.7 Å². The molecule has 2 aromatic rings. The molecular weight excluding hydrogens is 238 g/mol. The van der Waals surface area contributed by atoms with Gasteiger partial charge in [-0.05, 0) is 17.7 Å². The highest BCUT2D eigenvalue weighted by Gasteiger charge is 2.06. The van der Waals surface area contributed by atoms with Gasteiger partial charge in [-0.1, -0.05) is 30.3 Å². The Labute approximate surface area is 113 Å². The third-order valence-corrected chi connectivity index (χ3v) is 2.86. The molecule has 0 aromatic heterocycles. The SMILES string of the molecule is CN(C)c1cc(OCc2ccccc2)ccc1C=O. The Hall–Kier alpha value is -2.29. The number of carbonyl (C=O) groups excluding carboxylic acids is 1. The molecule has 0 saturated carbocycles. The molecule has 2 rings (SSSR count). The fourth-order valence-electron chi connectivity index (χ4n) is 1.84. The van der Waals surface area contributed by atoms with E-state index >= 15 is 0 Å². The van der Waals surface area contributed by atoms with Gasteiger partial charge in [0.2, 0.25) is 0 Å². The molecule has 0 aliphatic rings. The lowest BCUT2D eigenvalue weighted by Crippen LogP contribution is -2.11. The highest BCUT2D eigenvalue weighted by Crippen LogP contribution is 2.24. The van der Waals surface area contributed by atoms with E-state index in [1.807, 2.05) is 61.5 Å². The van der Waals surface area contributed by atoms with Crippen LogP contribution >= 0.6 is 0 Å².